The van der Waals surface area contributed by atoms with Crippen LogP contribution in [0.25, 0.3) is 10.2 Å². The summed E-state index contributed by atoms with van der Waals surface area (Å²) in [4.78, 5) is 40.6. The number of hydrogen-bond acceptors (Lipinski definition) is 8. The van der Waals surface area contributed by atoms with E-state index in [1.807, 2.05) is 0 Å². The SMILES string of the molecule is CN(CC(=O)Nc1nc2ccc(OC(F)(F)F)cc2s1)C(=O)CNC(=O)[C@@H](N)CO. The second kappa shape index (κ2) is 9.69. The lowest BCUT2D eigenvalue weighted by Crippen LogP contribution is -2.47. The maximum absolute atomic E-state index is 12.3. The van der Waals surface area contributed by atoms with E-state index in [9.17, 15) is 27.6 Å². The number of nitrogens with two attached hydrogens (primary N) is 1. The monoisotopic (exact) mass is 449 g/mol. The summed E-state index contributed by atoms with van der Waals surface area (Å²) in [6, 6.07) is 2.40. The number of aromatic nitrogens is 1. The largest absolute Gasteiger partial charge is 0.573 e. The smallest absolute Gasteiger partial charge is 0.406 e. The number of amides is 3. The molecule has 30 heavy (non-hydrogen) atoms. The Morgan fingerprint density at radius 1 is 1.37 bits per heavy atom. The predicted molar refractivity (Wildman–Crippen MR) is 101 cm³/mol. The molecule has 0 fully saturated rings. The Morgan fingerprint density at radius 2 is 2.07 bits per heavy atom. The van der Waals surface area contributed by atoms with Crippen LogP contribution in [0, 0.1) is 0 Å². The second-order valence-corrected chi connectivity index (χ2v) is 7.03. The van der Waals surface area contributed by atoms with Crippen molar-refractivity contribution in [2.24, 2.45) is 5.73 Å². The molecular formula is C16H18F3N5O5S. The number of fused-ring (bicyclic) bond motifs is 1. The number of rotatable bonds is 8. The molecule has 2 rings (SSSR count). The number of nitrogens with zero attached hydrogens (tertiary/aromatic N) is 2. The quantitative estimate of drug-likeness (QED) is 0.445. The summed E-state index contributed by atoms with van der Waals surface area (Å²) in [5.74, 6) is -2.31. The Hall–Kier alpha value is -2.97. The van der Waals surface area contributed by atoms with E-state index in [-0.39, 0.29) is 11.7 Å². The zero-order chi connectivity index (χ0) is 22.5. The van der Waals surface area contributed by atoms with Gasteiger partial charge in [-0.2, -0.15) is 0 Å². The summed E-state index contributed by atoms with van der Waals surface area (Å²) >= 11 is 0.933. The second-order valence-electron chi connectivity index (χ2n) is 6.00. The normalized spacial score (nSPS) is 12.3. The fourth-order valence-electron chi connectivity index (χ4n) is 2.13. The van der Waals surface area contributed by atoms with E-state index in [0.717, 1.165) is 28.4 Å². The molecule has 0 aliphatic rings. The zero-order valence-corrected chi connectivity index (χ0v) is 16.3. The first kappa shape index (κ1) is 23.3. The van der Waals surface area contributed by atoms with E-state index in [1.54, 1.807) is 0 Å². The number of carbonyl (C=O) groups is 3. The van der Waals surface area contributed by atoms with Crippen LogP contribution in [-0.2, 0) is 14.4 Å². The Kier molecular flexibility index (Phi) is 7.53. The number of nitrogens with one attached hydrogen (secondary N) is 2. The molecule has 10 nitrogen and oxygen atoms in total. The first-order valence-electron chi connectivity index (χ1n) is 8.33. The van der Waals surface area contributed by atoms with Crippen LogP contribution >= 0.6 is 11.3 Å². The molecule has 1 atom stereocenters. The number of ether oxygens (including phenoxy) is 1. The highest BCUT2D eigenvalue weighted by Crippen LogP contribution is 2.31. The lowest BCUT2D eigenvalue weighted by Gasteiger charge is -2.17. The van der Waals surface area contributed by atoms with E-state index < -0.39 is 49.0 Å². The van der Waals surface area contributed by atoms with Gasteiger partial charge in [0.25, 0.3) is 0 Å². The van der Waals surface area contributed by atoms with E-state index in [4.69, 9.17) is 10.8 Å². The zero-order valence-electron chi connectivity index (χ0n) is 15.5. The molecule has 5 N–H and O–H groups in total. The number of likely N-dealkylation sites (N-methyl/N-ethyl adjacent to an activating group) is 1. The highest BCUT2D eigenvalue weighted by Gasteiger charge is 2.31. The minimum absolute atomic E-state index is 0.127. The van der Waals surface area contributed by atoms with Crippen LogP contribution in [-0.4, -0.2) is 71.9 Å². The van der Waals surface area contributed by atoms with Gasteiger partial charge in [-0.25, -0.2) is 4.98 Å². The van der Waals surface area contributed by atoms with Crippen molar-refractivity contribution in [3.05, 3.63) is 18.2 Å². The average Bonchev–Trinajstić information content (AvgIpc) is 3.04. The molecule has 1 aromatic carbocycles. The maximum Gasteiger partial charge on any atom is 0.573 e. The summed E-state index contributed by atoms with van der Waals surface area (Å²) < 4.78 is 41.1. The highest BCUT2D eigenvalue weighted by atomic mass is 32.1. The molecule has 14 heteroatoms. The van der Waals surface area contributed by atoms with Crippen LogP contribution in [0.5, 0.6) is 5.75 Å². The first-order valence-corrected chi connectivity index (χ1v) is 9.14. The number of anilines is 1. The molecule has 164 valence electrons. The van der Waals surface area contributed by atoms with Crippen molar-refractivity contribution in [1.29, 1.82) is 0 Å². The van der Waals surface area contributed by atoms with Crippen molar-refractivity contribution in [2.45, 2.75) is 12.4 Å². The summed E-state index contributed by atoms with van der Waals surface area (Å²) in [6.45, 7) is -1.36. The lowest BCUT2D eigenvalue weighted by molar-refractivity contribution is -0.274. The number of benzene rings is 1. The van der Waals surface area contributed by atoms with Crippen LogP contribution in [0.3, 0.4) is 0 Å². The minimum atomic E-state index is -4.82. The fraction of sp³-hybridized carbons (Fsp3) is 0.375. The number of aliphatic hydroxyl groups is 1. The molecular weight excluding hydrogens is 431 g/mol. The summed E-state index contributed by atoms with van der Waals surface area (Å²) in [5, 5.41) is 13.6. The van der Waals surface area contributed by atoms with Crippen molar-refractivity contribution < 1.29 is 37.4 Å². The molecule has 0 aliphatic carbocycles. The summed E-state index contributed by atoms with van der Waals surface area (Å²) in [6.07, 6.45) is -4.82. The third kappa shape index (κ3) is 6.82. The predicted octanol–water partition coefficient (Wildman–Crippen LogP) is 0.0276. The third-order valence-corrected chi connectivity index (χ3v) is 4.53. The highest BCUT2D eigenvalue weighted by molar-refractivity contribution is 7.22. The maximum atomic E-state index is 12.3. The van der Waals surface area contributed by atoms with Gasteiger partial charge >= 0.3 is 6.36 Å². The van der Waals surface area contributed by atoms with E-state index in [1.165, 1.54) is 13.1 Å². The van der Waals surface area contributed by atoms with Crippen LogP contribution < -0.4 is 21.1 Å². The fourth-order valence-corrected chi connectivity index (χ4v) is 3.04. The van der Waals surface area contributed by atoms with Crippen LogP contribution in [0.2, 0.25) is 0 Å². The molecule has 0 aliphatic heterocycles. The first-order chi connectivity index (χ1) is 14.0. The van der Waals surface area contributed by atoms with Crippen LogP contribution in [0.1, 0.15) is 0 Å². The Labute approximate surface area is 171 Å². The number of alkyl halides is 3. The summed E-state index contributed by atoms with van der Waals surface area (Å²) in [5.41, 5.74) is 5.65. The van der Waals surface area contributed by atoms with Crippen molar-refractivity contribution in [3.63, 3.8) is 0 Å². The lowest BCUT2D eigenvalue weighted by atomic mass is 10.3. The standard InChI is InChI=1S/C16H18F3N5O5S/c1-24(13(27)5-21-14(28)9(20)7-25)6-12(26)23-15-22-10-3-2-8(4-11(10)30-15)29-16(17,18)19/h2-4,9,25H,5-7,20H2,1H3,(H,21,28)(H,22,23,26)/t9-/m0/s1. The topological polar surface area (TPSA) is 147 Å². The van der Waals surface area contributed by atoms with Gasteiger partial charge in [-0.3, -0.25) is 14.4 Å². The molecule has 1 aromatic heterocycles. The number of carbonyl (C=O) groups excluding carboxylic acids is 3. The number of halogens is 3. The Morgan fingerprint density at radius 3 is 2.70 bits per heavy atom. The molecule has 0 spiro atoms. The number of thiazole rings is 1. The molecule has 3 amide bonds. The minimum Gasteiger partial charge on any atom is -0.406 e. The molecule has 0 saturated heterocycles. The molecule has 0 bridgehead atoms. The molecule has 1 heterocycles. The van der Waals surface area contributed by atoms with Gasteiger partial charge in [-0.1, -0.05) is 11.3 Å². The van der Waals surface area contributed by atoms with Crippen LogP contribution in [0.15, 0.2) is 18.2 Å². The molecule has 0 unspecified atom stereocenters. The van der Waals surface area contributed by atoms with Crippen LogP contribution in [0.4, 0.5) is 18.3 Å². The van der Waals surface area contributed by atoms with Gasteiger partial charge in [0.2, 0.25) is 17.7 Å². The van der Waals surface area contributed by atoms with Gasteiger partial charge in [0.15, 0.2) is 5.13 Å². The van der Waals surface area contributed by atoms with E-state index >= 15 is 0 Å². The van der Waals surface area contributed by atoms with Gasteiger partial charge in [0, 0.05) is 13.1 Å². The van der Waals surface area contributed by atoms with Crippen molar-refractivity contribution >= 4 is 44.4 Å². The van der Waals surface area contributed by atoms with Crippen molar-refractivity contribution in [3.8, 4) is 5.75 Å². The van der Waals surface area contributed by atoms with Gasteiger partial charge in [0.1, 0.15) is 11.8 Å². The van der Waals surface area contributed by atoms with Gasteiger partial charge in [-0.15, -0.1) is 13.2 Å². The Balaban J connectivity index is 1.91. The van der Waals surface area contributed by atoms with Crippen molar-refractivity contribution in [2.75, 3.05) is 32.1 Å². The molecule has 0 radical (unpaired) electrons. The number of aliphatic hydroxyl groups excluding tert-OH is 1. The Bertz CT molecular complexity index is 936. The van der Waals surface area contributed by atoms with Crippen molar-refractivity contribution in [1.82, 2.24) is 15.2 Å². The molecule has 0 saturated carbocycles. The van der Waals surface area contributed by atoms with Gasteiger partial charge in [-0.05, 0) is 12.1 Å². The number of hydrogen-bond donors (Lipinski definition) is 4. The van der Waals surface area contributed by atoms with E-state index in [0.29, 0.717) is 10.2 Å². The summed E-state index contributed by atoms with van der Waals surface area (Å²) in [7, 11) is 1.33. The van der Waals surface area contributed by atoms with Gasteiger partial charge < -0.3 is 31.1 Å². The van der Waals surface area contributed by atoms with Gasteiger partial charge in [0.05, 0.1) is 29.9 Å². The van der Waals surface area contributed by atoms with E-state index in [2.05, 4.69) is 20.4 Å². The molecule has 2 aromatic rings. The average molecular weight is 449 g/mol. The third-order valence-electron chi connectivity index (χ3n) is 3.59.